The van der Waals surface area contributed by atoms with Crippen LogP contribution in [0.4, 0.5) is 4.39 Å². The Bertz CT molecular complexity index is 792. The van der Waals surface area contributed by atoms with Crippen molar-refractivity contribution in [2.24, 2.45) is 0 Å². The number of sulfonamides is 1. The SMILES string of the molecule is CN([C@@H](C(=O)NCc1ccc(F)cc1)c1ccccc1)S(C)(=O)=O. The fraction of sp³-hybridized carbons (Fsp3) is 0.235. The van der Waals surface area contributed by atoms with Gasteiger partial charge in [0.2, 0.25) is 15.9 Å². The zero-order valence-electron chi connectivity index (χ0n) is 13.4. The van der Waals surface area contributed by atoms with Gasteiger partial charge in [-0.3, -0.25) is 4.79 Å². The highest BCUT2D eigenvalue weighted by Crippen LogP contribution is 2.22. The van der Waals surface area contributed by atoms with Gasteiger partial charge >= 0.3 is 0 Å². The van der Waals surface area contributed by atoms with Crippen LogP contribution in [0.2, 0.25) is 0 Å². The number of likely N-dealkylation sites (N-methyl/N-ethyl adjacent to an activating group) is 1. The molecule has 2 aromatic carbocycles. The summed E-state index contributed by atoms with van der Waals surface area (Å²) < 4.78 is 37.7. The van der Waals surface area contributed by atoms with Crippen LogP contribution in [0.25, 0.3) is 0 Å². The Balaban J connectivity index is 2.20. The van der Waals surface area contributed by atoms with Gasteiger partial charge in [0, 0.05) is 13.6 Å². The van der Waals surface area contributed by atoms with Crippen LogP contribution in [-0.2, 0) is 21.4 Å². The maximum absolute atomic E-state index is 12.9. The van der Waals surface area contributed by atoms with Crippen LogP contribution in [0, 0.1) is 5.82 Å². The molecule has 0 unspecified atom stereocenters. The fourth-order valence-electron chi connectivity index (χ4n) is 2.24. The maximum atomic E-state index is 12.9. The highest BCUT2D eigenvalue weighted by molar-refractivity contribution is 7.88. The summed E-state index contributed by atoms with van der Waals surface area (Å²) in [4.78, 5) is 12.6. The molecule has 0 saturated carbocycles. The molecule has 24 heavy (non-hydrogen) atoms. The molecule has 0 spiro atoms. The standard InChI is InChI=1S/C17H19FN2O3S/c1-20(24(2,22)23)16(14-6-4-3-5-7-14)17(21)19-12-13-8-10-15(18)11-9-13/h3-11,16H,12H2,1-2H3,(H,19,21)/t16-/m1/s1. The first-order chi connectivity index (χ1) is 11.3. The molecule has 1 amide bonds. The van der Waals surface area contributed by atoms with Gasteiger partial charge in [0.25, 0.3) is 0 Å². The molecule has 2 rings (SSSR count). The molecule has 2 aromatic rings. The van der Waals surface area contributed by atoms with Gasteiger partial charge in [-0.2, -0.15) is 4.31 Å². The Morgan fingerprint density at radius 1 is 1.12 bits per heavy atom. The second kappa shape index (κ2) is 7.55. The number of nitrogens with one attached hydrogen (secondary N) is 1. The molecule has 0 fully saturated rings. The highest BCUT2D eigenvalue weighted by Gasteiger charge is 2.30. The van der Waals surface area contributed by atoms with Crippen molar-refractivity contribution < 1.29 is 17.6 Å². The molecule has 7 heteroatoms. The summed E-state index contributed by atoms with van der Waals surface area (Å²) >= 11 is 0. The molecule has 1 N–H and O–H groups in total. The summed E-state index contributed by atoms with van der Waals surface area (Å²) in [6.45, 7) is 0.181. The number of carbonyl (C=O) groups excluding carboxylic acids is 1. The molecule has 0 saturated heterocycles. The molecular weight excluding hydrogens is 331 g/mol. The van der Waals surface area contributed by atoms with Crippen LogP contribution >= 0.6 is 0 Å². The number of carbonyl (C=O) groups is 1. The van der Waals surface area contributed by atoms with Gasteiger partial charge in [0.15, 0.2) is 0 Å². The Kier molecular flexibility index (Phi) is 5.69. The van der Waals surface area contributed by atoms with E-state index >= 15 is 0 Å². The third-order valence-corrected chi connectivity index (χ3v) is 4.89. The van der Waals surface area contributed by atoms with Crippen LogP contribution in [-0.4, -0.2) is 31.9 Å². The molecule has 0 aliphatic carbocycles. The van der Waals surface area contributed by atoms with E-state index in [1.807, 2.05) is 0 Å². The number of hydrogen-bond donors (Lipinski definition) is 1. The van der Waals surface area contributed by atoms with E-state index in [9.17, 15) is 17.6 Å². The highest BCUT2D eigenvalue weighted by atomic mass is 32.2. The van der Waals surface area contributed by atoms with Crippen LogP contribution < -0.4 is 5.32 Å². The Labute approximate surface area is 141 Å². The van der Waals surface area contributed by atoms with E-state index in [1.54, 1.807) is 42.5 Å². The minimum absolute atomic E-state index is 0.181. The van der Waals surface area contributed by atoms with Crippen LogP contribution in [0.3, 0.4) is 0 Å². The molecule has 0 heterocycles. The predicted molar refractivity (Wildman–Crippen MR) is 90.0 cm³/mol. The lowest BCUT2D eigenvalue weighted by Gasteiger charge is -2.25. The van der Waals surface area contributed by atoms with E-state index in [1.165, 1.54) is 19.2 Å². The summed E-state index contributed by atoms with van der Waals surface area (Å²) in [5.74, 6) is -0.803. The van der Waals surface area contributed by atoms with Crippen LogP contribution in [0.1, 0.15) is 17.2 Å². The first-order valence-electron chi connectivity index (χ1n) is 7.29. The topological polar surface area (TPSA) is 66.5 Å². The Hall–Kier alpha value is -2.25. The van der Waals surface area contributed by atoms with Crippen molar-refractivity contribution in [3.63, 3.8) is 0 Å². The second-order valence-electron chi connectivity index (χ2n) is 5.44. The number of benzene rings is 2. The first kappa shape index (κ1) is 18.1. The van der Waals surface area contributed by atoms with Crippen molar-refractivity contribution >= 4 is 15.9 Å². The van der Waals surface area contributed by atoms with Crippen molar-refractivity contribution in [1.29, 1.82) is 0 Å². The smallest absolute Gasteiger partial charge is 0.243 e. The Morgan fingerprint density at radius 3 is 2.25 bits per heavy atom. The third kappa shape index (κ3) is 4.62. The minimum Gasteiger partial charge on any atom is -0.350 e. The van der Waals surface area contributed by atoms with E-state index in [2.05, 4.69) is 5.32 Å². The van der Waals surface area contributed by atoms with Crippen molar-refractivity contribution in [3.05, 3.63) is 71.5 Å². The molecule has 128 valence electrons. The van der Waals surface area contributed by atoms with E-state index < -0.39 is 22.0 Å². The number of halogens is 1. The Morgan fingerprint density at radius 2 is 1.71 bits per heavy atom. The average Bonchev–Trinajstić information content (AvgIpc) is 2.54. The van der Waals surface area contributed by atoms with Gasteiger partial charge in [-0.25, -0.2) is 12.8 Å². The normalized spacial score (nSPS) is 12.8. The summed E-state index contributed by atoms with van der Waals surface area (Å²) in [6, 6.07) is 13.4. The van der Waals surface area contributed by atoms with E-state index in [-0.39, 0.29) is 12.4 Å². The summed E-state index contributed by atoms with van der Waals surface area (Å²) in [5, 5.41) is 2.70. The second-order valence-corrected chi connectivity index (χ2v) is 7.48. The van der Waals surface area contributed by atoms with Crippen LogP contribution in [0.15, 0.2) is 54.6 Å². The summed E-state index contributed by atoms with van der Waals surface area (Å²) in [5.41, 5.74) is 1.29. The number of hydrogen-bond acceptors (Lipinski definition) is 3. The molecule has 1 atom stereocenters. The van der Waals surface area contributed by atoms with Crippen LogP contribution in [0.5, 0.6) is 0 Å². The zero-order chi connectivity index (χ0) is 17.7. The molecule has 0 aliphatic rings. The van der Waals surface area contributed by atoms with Gasteiger partial charge in [-0.15, -0.1) is 0 Å². The van der Waals surface area contributed by atoms with Crippen molar-refractivity contribution in [1.82, 2.24) is 9.62 Å². The van der Waals surface area contributed by atoms with E-state index in [0.717, 1.165) is 16.1 Å². The fourth-order valence-corrected chi connectivity index (χ4v) is 2.84. The van der Waals surface area contributed by atoms with Gasteiger partial charge in [-0.05, 0) is 23.3 Å². The molecule has 5 nitrogen and oxygen atoms in total. The predicted octanol–water partition coefficient (Wildman–Crippen LogP) is 2.07. The van der Waals surface area contributed by atoms with Crippen molar-refractivity contribution in [2.75, 3.05) is 13.3 Å². The largest absolute Gasteiger partial charge is 0.350 e. The van der Waals surface area contributed by atoms with E-state index in [4.69, 9.17) is 0 Å². The lowest BCUT2D eigenvalue weighted by Crippen LogP contribution is -2.41. The molecule has 0 bridgehead atoms. The van der Waals surface area contributed by atoms with Gasteiger partial charge in [0.05, 0.1) is 6.26 Å². The maximum Gasteiger partial charge on any atom is 0.243 e. The number of amides is 1. The molecule has 0 radical (unpaired) electrons. The molecule has 0 aromatic heterocycles. The molecule has 0 aliphatic heterocycles. The van der Waals surface area contributed by atoms with Gasteiger partial charge in [0.1, 0.15) is 11.9 Å². The summed E-state index contributed by atoms with van der Waals surface area (Å²) in [7, 11) is -2.20. The van der Waals surface area contributed by atoms with Crippen molar-refractivity contribution in [2.45, 2.75) is 12.6 Å². The first-order valence-corrected chi connectivity index (χ1v) is 9.14. The summed E-state index contributed by atoms with van der Waals surface area (Å²) in [6.07, 6.45) is 1.05. The van der Waals surface area contributed by atoms with Crippen molar-refractivity contribution in [3.8, 4) is 0 Å². The average molecular weight is 350 g/mol. The minimum atomic E-state index is -3.56. The zero-order valence-corrected chi connectivity index (χ0v) is 14.3. The van der Waals surface area contributed by atoms with E-state index in [0.29, 0.717) is 5.56 Å². The molecular formula is C17H19FN2O3S. The lowest BCUT2D eigenvalue weighted by molar-refractivity contribution is -0.124. The lowest BCUT2D eigenvalue weighted by atomic mass is 10.1. The van der Waals surface area contributed by atoms with Gasteiger partial charge in [-0.1, -0.05) is 42.5 Å². The third-order valence-electron chi connectivity index (χ3n) is 3.63. The van der Waals surface area contributed by atoms with Gasteiger partial charge < -0.3 is 5.32 Å². The quantitative estimate of drug-likeness (QED) is 0.867. The number of rotatable bonds is 6. The number of nitrogens with zero attached hydrogens (tertiary/aromatic N) is 1. The monoisotopic (exact) mass is 350 g/mol.